The summed E-state index contributed by atoms with van der Waals surface area (Å²) in [6.45, 7) is 1.44. The number of fused-ring (bicyclic) bond motifs is 1. The number of aromatic nitrogens is 3. The Kier molecular flexibility index (Phi) is 4.32. The van der Waals surface area contributed by atoms with Crippen molar-refractivity contribution >= 4 is 28.5 Å². The van der Waals surface area contributed by atoms with E-state index in [9.17, 15) is 0 Å². The van der Waals surface area contributed by atoms with Crippen LogP contribution in [0.25, 0.3) is 10.9 Å². The van der Waals surface area contributed by atoms with Crippen LogP contribution >= 0.6 is 11.9 Å². The Hall–Kier alpha value is -2.43. The van der Waals surface area contributed by atoms with Gasteiger partial charge in [0.25, 0.3) is 0 Å². The SMILES string of the molecule is COCCn1cnc(SNc2cccc3c(C#N)c[nH]c23)c1. The summed E-state index contributed by atoms with van der Waals surface area (Å²) in [5.41, 5.74) is 2.49. The van der Waals surface area contributed by atoms with Gasteiger partial charge in [-0.3, -0.25) is 0 Å². The fourth-order valence-corrected chi connectivity index (χ4v) is 2.82. The molecule has 0 unspecified atom stereocenters. The first-order valence-electron chi connectivity index (χ1n) is 6.75. The van der Waals surface area contributed by atoms with Crippen LogP contribution < -0.4 is 4.72 Å². The molecule has 0 spiro atoms. The molecule has 3 rings (SSSR count). The van der Waals surface area contributed by atoms with Crippen LogP contribution in [-0.2, 0) is 11.3 Å². The summed E-state index contributed by atoms with van der Waals surface area (Å²) in [5, 5.41) is 10.9. The van der Waals surface area contributed by atoms with E-state index in [1.165, 1.54) is 11.9 Å². The second-order valence-corrected chi connectivity index (χ2v) is 5.52. The summed E-state index contributed by atoms with van der Waals surface area (Å²) >= 11 is 1.43. The molecule has 0 aliphatic carbocycles. The van der Waals surface area contributed by atoms with Gasteiger partial charge in [0.05, 0.1) is 29.7 Å². The first-order valence-corrected chi connectivity index (χ1v) is 7.57. The van der Waals surface area contributed by atoms with Crippen molar-refractivity contribution in [3.05, 3.63) is 42.5 Å². The standard InChI is InChI=1S/C15H15N5OS/c1-21-6-5-20-9-14(18-10-20)22-19-13-4-2-3-12-11(7-16)8-17-15(12)13/h2-4,8-10,17,19H,5-6H2,1H3. The van der Waals surface area contributed by atoms with Gasteiger partial charge in [-0.1, -0.05) is 12.1 Å². The topological polar surface area (TPSA) is 78.7 Å². The number of ether oxygens (including phenoxy) is 1. The molecule has 0 saturated heterocycles. The molecule has 7 heteroatoms. The average Bonchev–Trinajstić information content (AvgIpc) is 3.17. The molecule has 2 aromatic heterocycles. The first kappa shape index (κ1) is 14.5. The van der Waals surface area contributed by atoms with Gasteiger partial charge in [-0.2, -0.15) is 5.26 Å². The number of H-pyrrole nitrogens is 1. The van der Waals surface area contributed by atoms with Gasteiger partial charge in [-0.05, 0) is 6.07 Å². The molecule has 0 amide bonds. The number of imidazole rings is 1. The minimum atomic E-state index is 0.646. The molecule has 0 aliphatic rings. The predicted octanol–water partition coefficient (Wildman–Crippen LogP) is 3.00. The van der Waals surface area contributed by atoms with E-state index in [4.69, 9.17) is 10.00 Å². The number of hydrogen-bond acceptors (Lipinski definition) is 5. The van der Waals surface area contributed by atoms with Crippen LogP contribution in [0.5, 0.6) is 0 Å². The van der Waals surface area contributed by atoms with E-state index in [0.29, 0.717) is 12.2 Å². The number of anilines is 1. The molecule has 3 aromatic rings. The summed E-state index contributed by atoms with van der Waals surface area (Å²) in [5.74, 6) is 0. The van der Waals surface area contributed by atoms with Gasteiger partial charge in [-0.15, -0.1) is 0 Å². The number of para-hydroxylation sites is 1. The van der Waals surface area contributed by atoms with E-state index in [0.717, 1.165) is 28.2 Å². The molecule has 1 aromatic carbocycles. The third kappa shape index (κ3) is 2.93. The zero-order chi connectivity index (χ0) is 15.4. The Labute approximate surface area is 132 Å². The molecule has 0 fully saturated rings. The van der Waals surface area contributed by atoms with E-state index in [1.807, 2.05) is 29.0 Å². The zero-order valence-electron chi connectivity index (χ0n) is 12.0. The highest BCUT2D eigenvalue weighted by Gasteiger charge is 2.07. The Morgan fingerprint density at radius 2 is 2.41 bits per heavy atom. The lowest BCUT2D eigenvalue weighted by Crippen LogP contribution is -2.00. The highest BCUT2D eigenvalue weighted by molar-refractivity contribution is 8.00. The van der Waals surface area contributed by atoms with Crippen molar-refractivity contribution < 1.29 is 4.74 Å². The van der Waals surface area contributed by atoms with Gasteiger partial charge >= 0.3 is 0 Å². The number of hydrogen-bond donors (Lipinski definition) is 2. The van der Waals surface area contributed by atoms with Gasteiger partial charge in [0.15, 0.2) is 0 Å². The molecule has 22 heavy (non-hydrogen) atoms. The maximum Gasteiger partial charge on any atom is 0.134 e. The van der Waals surface area contributed by atoms with Crippen LogP contribution in [0.3, 0.4) is 0 Å². The molecule has 6 nitrogen and oxygen atoms in total. The van der Waals surface area contributed by atoms with Crippen molar-refractivity contribution in [1.29, 1.82) is 5.26 Å². The van der Waals surface area contributed by atoms with E-state index < -0.39 is 0 Å². The van der Waals surface area contributed by atoms with Crippen molar-refractivity contribution in [2.45, 2.75) is 11.6 Å². The predicted molar refractivity (Wildman–Crippen MR) is 86.6 cm³/mol. The fourth-order valence-electron chi connectivity index (χ4n) is 2.15. The minimum absolute atomic E-state index is 0.646. The monoisotopic (exact) mass is 313 g/mol. The lowest BCUT2D eigenvalue weighted by atomic mass is 10.2. The number of aromatic amines is 1. The lowest BCUT2D eigenvalue weighted by molar-refractivity contribution is 0.187. The van der Waals surface area contributed by atoms with Gasteiger partial charge < -0.3 is 19.0 Å². The Balaban J connectivity index is 1.73. The summed E-state index contributed by atoms with van der Waals surface area (Å²) in [6, 6.07) is 8.01. The molecule has 2 N–H and O–H groups in total. The highest BCUT2D eigenvalue weighted by Crippen LogP contribution is 2.28. The second kappa shape index (κ2) is 6.56. The highest BCUT2D eigenvalue weighted by atomic mass is 32.2. The normalized spacial score (nSPS) is 10.7. The molecule has 0 aliphatic heterocycles. The van der Waals surface area contributed by atoms with Gasteiger partial charge in [-0.25, -0.2) is 4.98 Å². The largest absolute Gasteiger partial charge is 0.383 e. The van der Waals surface area contributed by atoms with Gasteiger partial charge in [0.1, 0.15) is 11.1 Å². The third-order valence-corrected chi connectivity index (χ3v) is 4.01. The molecule has 112 valence electrons. The van der Waals surface area contributed by atoms with Crippen molar-refractivity contribution in [2.24, 2.45) is 0 Å². The van der Waals surface area contributed by atoms with Crippen LogP contribution in [0, 0.1) is 11.3 Å². The number of nitriles is 1. The number of rotatable bonds is 6. The fraction of sp³-hybridized carbons (Fsp3) is 0.200. The smallest absolute Gasteiger partial charge is 0.134 e. The van der Waals surface area contributed by atoms with E-state index in [1.54, 1.807) is 19.6 Å². The molecule has 0 bridgehead atoms. The summed E-state index contributed by atoms with van der Waals surface area (Å²) in [7, 11) is 1.68. The number of nitrogens with one attached hydrogen (secondary N) is 2. The van der Waals surface area contributed by atoms with Crippen LogP contribution in [0.15, 0.2) is 41.9 Å². The van der Waals surface area contributed by atoms with Crippen molar-refractivity contribution in [2.75, 3.05) is 18.4 Å². The zero-order valence-corrected chi connectivity index (χ0v) is 12.9. The van der Waals surface area contributed by atoms with Gasteiger partial charge in [0.2, 0.25) is 0 Å². The lowest BCUT2D eigenvalue weighted by Gasteiger charge is -2.05. The summed E-state index contributed by atoms with van der Waals surface area (Å²) in [4.78, 5) is 7.47. The van der Waals surface area contributed by atoms with Crippen LogP contribution in [0.1, 0.15) is 5.56 Å². The maximum atomic E-state index is 9.08. The van der Waals surface area contributed by atoms with Crippen LogP contribution in [0.2, 0.25) is 0 Å². The molecular formula is C15H15N5OS. The number of nitrogens with zero attached hydrogens (tertiary/aromatic N) is 3. The average molecular weight is 313 g/mol. The van der Waals surface area contributed by atoms with E-state index in [2.05, 4.69) is 20.8 Å². The van der Waals surface area contributed by atoms with Crippen molar-refractivity contribution in [1.82, 2.24) is 14.5 Å². The Bertz CT molecular complexity index is 817. The number of methoxy groups -OCH3 is 1. The van der Waals surface area contributed by atoms with Crippen LogP contribution in [0.4, 0.5) is 5.69 Å². The summed E-state index contributed by atoms with van der Waals surface area (Å²) < 4.78 is 10.3. The Morgan fingerprint density at radius 1 is 1.50 bits per heavy atom. The van der Waals surface area contributed by atoms with Crippen LogP contribution in [-0.4, -0.2) is 28.3 Å². The third-order valence-electron chi connectivity index (χ3n) is 3.26. The van der Waals surface area contributed by atoms with Crippen molar-refractivity contribution in [3.8, 4) is 6.07 Å². The quantitative estimate of drug-likeness (QED) is 0.684. The van der Waals surface area contributed by atoms with Crippen molar-refractivity contribution in [3.63, 3.8) is 0 Å². The molecule has 0 atom stereocenters. The second-order valence-electron chi connectivity index (χ2n) is 4.69. The molecule has 0 radical (unpaired) electrons. The van der Waals surface area contributed by atoms with E-state index in [-0.39, 0.29) is 0 Å². The van der Waals surface area contributed by atoms with E-state index >= 15 is 0 Å². The molecular weight excluding hydrogens is 298 g/mol. The maximum absolute atomic E-state index is 9.08. The minimum Gasteiger partial charge on any atom is -0.383 e. The molecule has 2 heterocycles. The summed E-state index contributed by atoms with van der Waals surface area (Å²) in [6.07, 6.45) is 5.47. The number of benzene rings is 1. The Morgan fingerprint density at radius 3 is 3.23 bits per heavy atom. The molecule has 0 saturated carbocycles. The van der Waals surface area contributed by atoms with Gasteiger partial charge in [0, 0.05) is 43.4 Å². The first-order chi connectivity index (χ1) is 10.8.